The number of carbonyl (C=O) groups is 2. The molecule has 2 aromatic rings. The third-order valence-electron chi connectivity index (χ3n) is 5.70. The number of carbonyl (C=O) groups excluding carboxylic acids is 2. The summed E-state index contributed by atoms with van der Waals surface area (Å²) in [5.74, 6) is -1.30. The molecule has 1 heterocycles. The number of nitrogens with one attached hydrogen (secondary N) is 1. The van der Waals surface area contributed by atoms with Crippen molar-refractivity contribution < 1.29 is 9.59 Å². The Kier molecular flexibility index (Phi) is 5.70. The molecule has 2 atom stereocenters. The fraction of sp³-hybridized carbons (Fsp3) is 0.375. The summed E-state index contributed by atoms with van der Waals surface area (Å²) < 4.78 is 0. The van der Waals surface area contributed by atoms with Crippen LogP contribution in [-0.2, 0) is 21.5 Å². The zero-order chi connectivity index (χ0) is 22.1. The lowest BCUT2D eigenvalue weighted by atomic mass is 9.77. The van der Waals surface area contributed by atoms with Gasteiger partial charge in [-0.05, 0) is 29.0 Å². The standard InChI is InChI=1S/C24H30N4O2/c1-23(2,3)18-13-11-17(12-14-18)19-20(29)28(5)22(25)27-24(19,4)21(30)26-15-16-9-7-6-8-10-16/h6-14,19H,15H2,1-5H3,(H2,25,27)(H,26,30)/t19-,24?/m0/s1. The summed E-state index contributed by atoms with van der Waals surface area (Å²) >= 11 is 0. The third-order valence-corrected chi connectivity index (χ3v) is 5.70. The van der Waals surface area contributed by atoms with E-state index >= 15 is 0 Å². The highest BCUT2D eigenvalue weighted by atomic mass is 16.2. The van der Waals surface area contributed by atoms with Crippen molar-refractivity contribution in [3.63, 3.8) is 0 Å². The molecule has 6 nitrogen and oxygen atoms in total. The number of guanidine groups is 1. The molecule has 6 heteroatoms. The van der Waals surface area contributed by atoms with Gasteiger partial charge in [0.15, 0.2) is 11.5 Å². The van der Waals surface area contributed by atoms with Gasteiger partial charge in [0.05, 0.1) is 5.92 Å². The van der Waals surface area contributed by atoms with Gasteiger partial charge in [-0.1, -0.05) is 75.4 Å². The van der Waals surface area contributed by atoms with E-state index in [-0.39, 0.29) is 23.2 Å². The van der Waals surface area contributed by atoms with E-state index in [2.05, 4.69) is 31.1 Å². The topological polar surface area (TPSA) is 87.8 Å². The summed E-state index contributed by atoms with van der Waals surface area (Å²) in [6.45, 7) is 8.42. The molecule has 3 rings (SSSR count). The Bertz CT molecular complexity index is 961. The van der Waals surface area contributed by atoms with E-state index in [1.165, 1.54) is 4.90 Å². The molecule has 3 N–H and O–H groups in total. The minimum Gasteiger partial charge on any atom is -0.369 e. The largest absolute Gasteiger partial charge is 0.369 e. The smallest absolute Gasteiger partial charge is 0.249 e. The van der Waals surface area contributed by atoms with Crippen molar-refractivity contribution in [3.8, 4) is 0 Å². The lowest BCUT2D eigenvalue weighted by Crippen LogP contribution is -2.59. The van der Waals surface area contributed by atoms with Crippen LogP contribution < -0.4 is 11.1 Å². The number of nitrogens with two attached hydrogens (primary N) is 1. The first-order chi connectivity index (χ1) is 14.0. The highest BCUT2D eigenvalue weighted by molar-refractivity contribution is 6.07. The number of nitrogens with zero attached hydrogens (tertiary/aromatic N) is 2. The maximum absolute atomic E-state index is 13.3. The van der Waals surface area contributed by atoms with Crippen molar-refractivity contribution in [2.75, 3.05) is 7.05 Å². The molecular formula is C24H30N4O2. The number of benzene rings is 2. The maximum Gasteiger partial charge on any atom is 0.249 e. The summed E-state index contributed by atoms with van der Waals surface area (Å²) in [6.07, 6.45) is 0. The number of hydrogen-bond acceptors (Lipinski definition) is 4. The molecule has 30 heavy (non-hydrogen) atoms. The van der Waals surface area contributed by atoms with Gasteiger partial charge in [0.1, 0.15) is 0 Å². The average molecular weight is 407 g/mol. The zero-order valence-corrected chi connectivity index (χ0v) is 18.3. The van der Waals surface area contributed by atoms with Crippen molar-refractivity contribution in [1.82, 2.24) is 10.2 Å². The molecule has 0 aromatic heterocycles. The Morgan fingerprint density at radius 2 is 1.73 bits per heavy atom. The van der Waals surface area contributed by atoms with Crippen molar-refractivity contribution in [2.24, 2.45) is 10.7 Å². The molecule has 0 bridgehead atoms. The Hall–Kier alpha value is -3.15. The second kappa shape index (κ2) is 7.94. The Morgan fingerprint density at radius 1 is 1.13 bits per heavy atom. The lowest BCUT2D eigenvalue weighted by molar-refractivity contribution is -0.137. The van der Waals surface area contributed by atoms with Crippen molar-refractivity contribution in [3.05, 3.63) is 71.3 Å². The van der Waals surface area contributed by atoms with E-state index in [1.807, 2.05) is 54.6 Å². The van der Waals surface area contributed by atoms with Crippen LogP contribution >= 0.6 is 0 Å². The lowest BCUT2D eigenvalue weighted by Gasteiger charge is -2.39. The summed E-state index contributed by atoms with van der Waals surface area (Å²) in [4.78, 5) is 32.2. The van der Waals surface area contributed by atoms with E-state index in [0.29, 0.717) is 6.54 Å². The maximum atomic E-state index is 13.3. The molecule has 2 aromatic carbocycles. The Morgan fingerprint density at radius 3 is 2.30 bits per heavy atom. The van der Waals surface area contributed by atoms with Crippen LogP contribution in [0.4, 0.5) is 0 Å². The second-order valence-corrected chi connectivity index (χ2v) is 8.99. The fourth-order valence-electron chi connectivity index (χ4n) is 3.71. The van der Waals surface area contributed by atoms with Gasteiger partial charge in [-0.15, -0.1) is 0 Å². The minimum atomic E-state index is -1.34. The van der Waals surface area contributed by atoms with E-state index in [0.717, 1.165) is 16.7 Å². The molecule has 2 amide bonds. The zero-order valence-electron chi connectivity index (χ0n) is 18.3. The van der Waals surface area contributed by atoms with Gasteiger partial charge >= 0.3 is 0 Å². The molecule has 0 aliphatic carbocycles. The quantitative estimate of drug-likeness (QED) is 0.818. The normalized spacial score (nSPS) is 21.9. The van der Waals surface area contributed by atoms with E-state index in [1.54, 1.807) is 14.0 Å². The SMILES string of the molecule is CN1C(=O)[C@H](c2ccc(C(C)(C)C)cc2)C(C)(C(=O)NCc2ccccc2)N=C1N. The van der Waals surface area contributed by atoms with Gasteiger partial charge < -0.3 is 11.1 Å². The predicted octanol–water partition coefficient (Wildman–Crippen LogP) is 2.93. The molecule has 1 unspecified atom stereocenters. The van der Waals surface area contributed by atoms with Crippen molar-refractivity contribution in [1.29, 1.82) is 0 Å². The molecule has 158 valence electrons. The molecular weight excluding hydrogens is 376 g/mol. The van der Waals surface area contributed by atoms with Crippen LogP contribution in [0.15, 0.2) is 59.6 Å². The van der Waals surface area contributed by atoms with Gasteiger partial charge in [-0.3, -0.25) is 14.5 Å². The first-order valence-electron chi connectivity index (χ1n) is 10.1. The molecule has 1 aliphatic heterocycles. The number of likely N-dealkylation sites (N-methyl/N-ethyl adjacent to an activating group) is 1. The molecule has 1 aliphatic rings. The molecule has 0 saturated carbocycles. The van der Waals surface area contributed by atoms with Crippen molar-refractivity contribution in [2.45, 2.75) is 51.1 Å². The van der Waals surface area contributed by atoms with E-state index in [4.69, 9.17) is 5.73 Å². The van der Waals surface area contributed by atoms with Crippen LogP contribution in [-0.4, -0.2) is 35.3 Å². The number of rotatable bonds is 4. The second-order valence-electron chi connectivity index (χ2n) is 8.99. The van der Waals surface area contributed by atoms with Crippen LogP contribution in [0.25, 0.3) is 0 Å². The Labute approximate surface area is 178 Å². The van der Waals surface area contributed by atoms with E-state index < -0.39 is 11.5 Å². The fourth-order valence-corrected chi connectivity index (χ4v) is 3.71. The highest BCUT2D eigenvalue weighted by Gasteiger charge is 2.50. The molecule has 0 spiro atoms. The first kappa shape index (κ1) is 21.6. The average Bonchev–Trinajstić information content (AvgIpc) is 2.71. The molecule has 0 saturated heterocycles. The summed E-state index contributed by atoms with van der Waals surface area (Å²) in [5.41, 5.74) is 7.50. The summed E-state index contributed by atoms with van der Waals surface area (Å²) in [5, 5.41) is 2.93. The Balaban J connectivity index is 1.96. The number of amides is 2. The number of aliphatic imine (C=N–C) groups is 1. The van der Waals surface area contributed by atoms with Gasteiger partial charge in [-0.25, -0.2) is 4.99 Å². The summed E-state index contributed by atoms with van der Waals surface area (Å²) in [7, 11) is 1.58. The minimum absolute atomic E-state index is 0.00909. The van der Waals surface area contributed by atoms with Crippen LogP contribution in [0.5, 0.6) is 0 Å². The van der Waals surface area contributed by atoms with Crippen LogP contribution in [0.1, 0.15) is 50.3 Å². The van der Waals surface area contributed by atoms with Crippen LogP contribution in [0.2, 0.25) is 0 Å². The van der Waals surface area contributed by atoms with Gasteiger partial charge in [0, 0.05) is 13.6 Å². The third kappa shape index (κ3) is 4.08. The molecule has 0 fully saturated rings. The van der Waals surface area contributed by atoms with Crippen LogP contribution in [0, 0.1) is 0 Å². The van der Waals surface area contributed by atoms with Gasteiger partial charge in [-0.2, -0.15) is 0 Å². The summed E-state index contributed by atoms with van der Waals surface area (Å²) in [6, 6.07) is 17.5. The van der Waals surface area contributed by atoms with Gasteiger partial charge in [0.25, 0.3) is 0 Å². The van der Waals surface area contributed by atoms with E-state index in [9.17, 15) is 9.59 Å². The molecule has 0 radical (unpaired) electrons. The monoisotopic (exact) mass is 406 g/mol. The highest BCUT2D eigenvalue weighted by Crippen LogP contribution is 2.37. The first-order valence-corrected chi connectivity index (χ1v) is 10.1. The number of hydrogen-bond donors (Lipinski definition) is 2. The van der Waals surface area contributed by atoms with Gasteiger partial charge in [0.2, 0.25) is 11.8 Å². The predicted molar refractivity (Wildman–Crippen MR) is 119 cm³/mol. The van der Waals surface area contributed by atoms with Crippen molar-refractivity contribution >= 4 is 17.8 Å². The van der Waals surface area contributed by atoms with Crippen LogP contribution in [0.3, 0.4) is 0 Å².